The van der Waals surface area contributed by atoms with E-state index in [1.807, 2.05) is 38.1 Å². The molecule has 0 aliphatic rings. The zero-order valence-electron chi connectivity index (χ0n) is 17.2. The van der Waals surface area contributed by atoms with Gasteiger partial charge in [0.15, 0.2) is 6.10 Å². The molecule has 0 aliphatic heterocycles. The summed E-state index contributed by atoms with van der Waals surface area (Å²) in [5.41, 5.74) is 2.47. The minimum absolute atomic E-state index is 0.0833. The van der Waals surface area contributed by atoms with E-state index in [2.05, 4.69) is 50.4 Å². The van der Waals surface area contributed by atoms with Crippen molar-refractivity contribution in [1.82, 2.24) is 5.32 Å². The molecule has 27 heavy (non-hydrogen) atoms. The summed E-state index contributed by atoms with van der Waals surface area (Å²) in [6.45, 7) is 10.5. The summed E-state index contributed by atoms with van der Waals surface area (Å²) in [6.07, 6.45) is 0.0581. The highest BCUT2D eigenvalue weighted by molar-refractivity contribution is 5.81. The first-order chi connectivity index (χ1) is 12.7. The first-order valence-electron chi connectivity index (χ1n) is 9.46. The second-order valence-corrected chi connectivity index (χ2v) is 7.79. The van der Waals surface area contributed by atoms with Crippen molar-refractivity contribution in [3.8, 4) is 11.5 Å². The summed E-state index contributed by atoms with van der Waals surface area (Å²) in [5.74, 6) is 1.30. The zero-order valence-corrected chi connectivity index (χ0v) is 17.2. The van der Waals surface area contributed by atoms with Crippen molar-refractivity contribution in [3.05, 3.63) is 59.7 Å². The number of carbonyl (C=O) groups excluding carboxylic acids is 1. The van der Waals surface area contributed by atoms with Crippen LogP contribution >= 0.6 is 0 Å². The number of methoxy groups -OCH3 is 1. The van der Waals surface area contributed by atoms with Gasteiger partial charge in [-0.25, -0.2) is 0 Å². The third-order valence-electron chi connectivity index (χ3n) is 4.64. The lowest BCUT2D eigenvalue weighted by Gasteiger charge is -2.22. The Balaban J connectivity index is 2.00. The Hall–Kier alpha value is -2.49. The number of ether oxygens (including phenoxy) is 2. The second kappa shape index (κ2) is 8.94. The Bertz CT molecular complexity index is 730. The van der Waals surface area contributed by atoms with E-state index < -0.39 is 6.10 Å². The lowest BCUT2D eigenvalue weighted by atomic mass is 9.86. The molecule has 146 valence electrons. The lowest BCUT2D eigenvalue weighted by molar-refractivity contribution is -0.128. The summed E-state index contributed by atoms with van der Waals surface area (Å²) >= 11 is 0. The number of hydrogen-bond donors (Lipinski definition) is 1. The van der Waals surface area contributed by atoms with Gasteiger partial charge in [-0.1, -0.05) is 52.0 Å². The van der Waals surface area contributed by atoms with Crippen LogP contribution in [-0.2, 0) is 10.2 Å². The molecule has 2 aromatic rings. The highest BCUT2D eigenvalue weighted by atomic mass is 16.5. The van der Waals surface area contributed by atoms with E-state index in [4.69, 9.17) is 9.47 Å². The van der Waals surface area contributed by atoms with Gasteiger partial charge in [-0.2, -0.15) is 0 Å². The molecule has 1 N–H and O–H groups in total. The molecule has 2 atom stereocenters. The summed E-state index contributed by atoms with van der Waals surface area (Å²) in [6, 6.07) is 15.6. The third-order valence-corrected chi connectivity index (χ3v) is 4.64. The lowest BCUT2D eigenvalue weighted by Crippen LogP contribution is -2.39. The van der Waals surface area contributed by atoms with E-state index in [0.717, 1.165) is 11.3 Å². The quantitative estimate of drug-likeness (QED) is 0.745. The van der Waals surface area contributed by atoms with Crippen LogP contribution in [0.1, 0.15) is 58.2 Å². The molecule has 0 saturated heterocycles. The van der Waals surface area contributed by atoms with Gasteiger partial charge in [0.05, 0.1) is 13.2 Å². The molecule has 0 bridgehead atoms. The highest BCUT2D eigenvalue weighted by Crippen LogP contribution is 2.24. The minimum Gasteiger partial charge on any atom is -0.497 e. The molecule has 1 amide bonds. The molecule has 0 heterocycles. The topological polar surface area (TPSA) is 47.6 Å². The Kier molecular flexibility index (Phi) is 6.89. The van der Waals surface area contributed by atoms with Crippen molar-refractivity contribution < 1.29 is 14.3 Å². The van der Waals surface area contributed by atoms with Crippen LogP contribution in [0.2, 0.25) is 0 Å². The van der Waals surface area contributed by atoms with Crippen molar-refractivity contribution in [2.45, 2.75) is 58.6 Å². The van der Waals surface area contributed by atoms with E-state index in [-0.39, 0.29) is 17.4 Å². The third kappa shape index (κ3) is 5.75. The van der Waals surface area contributed by atoms with Gasteiger partial charge >= 0.3 is 0 Å². The predicted octanol–water partition coefficient (Wildman–Crippen LogP) is 5.03. The van der Waals surface area contributed by atoms with Crippen LogP contribution in [0.25, 0.3) is 0 Å². The fraction of sp³-hybridized carbons (Fsp3) is 0.435. The molecule has 0 radical (unpaired) electrons. The molecule has 0 spiro atoms. The zero-order chi connectivity index (χ0) is 20.0. The van der Waals surface area contributed by atoms with E-state index in [0.29, 0.717) is 12.2 Å². The van der Waals surface area contributed by atoms with E-state index in [1.54, 1.807) is 7.11 Å². The van der Waals surface area contributed by atoms with Crippen molar-refractivity contribution in [2.75, 3.05) is 7.11 Å². The van der Waals surface area contributed by atoms with Crippen LogP contribution in [-0.4, -0.2) is 19.1 Å². The Morgan fingerprint density at radius 3 is 2.04 bits per heavy atom. The minimum atomic E-state index is -0.533. The number of amides is 1. The SMILES string of the molecule is CC[C@H](Oc1ccc(OC)cc1)C(=O)N[C@H](C)c1ccc(C(C)(C)C)cc1. The first kappa shape index (κ1) is 20.8. The molecule has 4 nitrogen and oxygen atoms in total. The van der Waals surface area contributed by atoms with Gasteiger partial charge in [0, 0.05) is 0 Å². The molecule has 2 aromatic carbocycles. The fourth-order valence-corrected chi connectivity index (χ4v) is 2.80. The molecule has 2 rings (SSSR count). The van der Waals surface area contributed by atoms with Gasteiger partial charge < -0.3 is 14.8 Å². The molecule has 0 unspecified atom stereocenters. The van der Waals surface area contributed by atoms with Gasteiger partial charge in [-0.05, 0) is 54.2 Å². The van der Waals surface area contributed by atoms with Crippen molar-refractivity contribution in [1.29, 1.82) is 0 Å². The van der Waals surface area contributed by atoms with E-state index in [1.165, 1.54) is 5.56 Å². The predicted molar refractivity (Wildman–Crippen MR) is 109 cm³/mol. The van der Waals surface area contributed by atoms with Gasteiger partial charge in [0.1, 0.15) is 11.5 Å². The molecule has 0 saturated carbocycles. The van der Waals surface area contributed by atoms with Crippen LogP contribution in [0, 0.1) is 0 Å². The first-order valence-corrected chi connectivity index (χ1v) is 9.46. The van der Waals surface area contributed by atoms with Crippen LogP contribution in [0.15, 0.2) is 48.5 Å². The normalized spacial score (nSPS) is 13.6. The summed E-state index contributed by atoms with van der Waals surface area (Å²) in [7, 11) is 1.62. The molecule has 0 aromatic heterocycles. The maximum absolute atomic E-state index is 12.7. The number of hydrogen-bond acceptors (Lipinski definition) is 3. The van der Waals surface area contributed by atoms with Crippen molar-refractivity contribution >= 4 is 5.91 Å². The Labute approximate surface area is 162 Å². The number of rotatable bonds is 7. The van der Waals surface area contributed by atoms with Crippen molar-refractivity contribution in [3.63, 3.8) is 0 Å². The maximum Gasteiger partial charge on any atom is 0.261 e. The van der Waals surface area contributed by atoms with E-state index >= 15 is 0 Å². The number of nitrogens with one attached hydrogen (secondary N) is 1. The summed E-state index contributed by atoms with van der Waals surface area (Å²) < 4.78 is 11.0. The molecule has 0 aliphatic carbocycles. The van der Waals surface area contributed by atoms with Crippen LogP contribution in [0.4, 0.5) is 0 Å². The van der Waals surface area contributed by atoms with E-state index in [9.17, 15) is 4.79 Å². The Morgan fingerprint density at radius 2 is 1.56 bits per heavy atom. The molecule has 4 heteroatoms. The molecule has 0 fully saturated rings. The van der Waals surface area contributed by atoms with Crippen molar-refractivity contribution in [2.24, 2.45) is 0 Å². The Morgan fingerprint density at radius 1 is 1.00 bits per heavy atom. The summed E-state index contributed by atoms with van der Waals surface area (Å²) in [4.78, 5) is 12.7. The standard InChI is InChI=1S/C23H31NO3/c1-7-21(27-20-14-12-19(26-6)13-15-20)22(25)24-16(2)17-8-10-18(11-9-17)23(3,4)5/h8-16,21H,7H2,1-6H3,(H,24,25)/t16-,21+/m1/s1. The monoisotopic (exact) mass is 369 g/mol. The fourth-order valence-electron chi connectivity index (χ4n) is 2.80. The number of carbonyl (C=O) groups is 1. The van der Waals surface area contributed by atoms with Gasteiger partial charge in [-0.15, -0.1) is 0 Å². The highest BCUT2D eigenvalue weighted by Gasteiger charge is 2.21. The summed E-state index contributed by atoms with van der Waals surface area (Å²) in [5, 5.41) is 3.06. The smallest absolute Gasteiger partial charge is 0.261 e. The van der Waals surface area contributed by atoms with Crippen LogP contribution < -0.4 is 14.8 Å². The van der Waals surface area contributed by atoms with Gasteiger partial charge in [0.25, 0.3) is 5.91 Å². The average Bonchev–Trinajstić information content (AvgIpc) is 2.65. The molecular formula is C23H31NO3. The maximum atomic E-state index is 12.7. The second-order valence-electron chi connectivity index (χ2n) is 7.79. The van der Waals surface area contributed by atoms with Gasteiger partial charge in [-0.3, -0.25) is 4.79 Å². The average molecular weight is 370 g/mol. The van der Waals surface area contributed by atoms with Gasteiger partial charge in [0.2, 0.25) is 0 Å². The molecular weight excluding hydrogens is 338 g/mol. The van der Waals surface area contributed by atoms with Crippen LogP contribution in [0.3, 0.4) is 0 Å². The van der Waals surface area contributed by atoms with Crippen LogP contribution in [0.5, 0.6) is 11.5 Å². The largest absolute Gasteiger partial charge is 0.497 e. The number of benzene rings is 2.